The van der Waals surface area contributed by atoms with Gasteiger partial charge in [-0.1, -0.05) is 0 Å². The minimum atomic E-state index is -1.69. The number of ether oxygens (including phenoxy) is 1. The van der Waals surface area contributed by atoms with Crippen LogP contribution in [0.2, 0.25) is 0 Å². The number of carbonyl (C=O) groups is 1. The van der Waals surface area contributed by atoms with E-state index in [9.17, 15) is 15.0 Å². The van der Waals surface area contributed by atoms with Gasteiger partial charge in [-0.15, -0.1) is 0 Å². The highest BCUT2D eigenvalue weighted by atomic mass is 16.5. The zero-order valence-electron chi connectivity index (χ0n) is 7.99. The van der Waals surface area contributed by atoms with Crippen molar-refractivity contribution in [1.29, 1.82) is 0 Å². The number of methoxy groups -OCH3 is 1. The highest BCUT2D eigenvalue weighted by molar-refractivity contribution is 5.75. The number of carbonyl (C=O) groups excluding carboxylic acids is 1. The van der Waals surface area contributed by atoms with E-state index in [1.165, 1.54) is 12.3 Å². The minimum Gasteiger partial charge on any atom is -0.467 e. The smallest absolute Gasteiger partial charge is 0.337 e. The maximum Gasteiger partial charge on any atom is 0.337 e. The van der Waals surface area contributed by atoms with Crippen molar-refractivity contribution in [2.75, 3.05) is 12.8 Å². The molecule has 0 saturated carbocycles. The van der Waals surface area contributed by atoms with Crippen molar-refractivity contribution < 1.29 is 19.7 Å². The van der Waals surface area contributed by atoms with Crippen molar-refractivity contribution >= 4 is 11.9 Å². The Hall–Kier alpha value is -1.73. The Kier molecular flexibility index (Phi) is 3.53. The predicted molar refractivity (Wildman–Crippen MR) is 49.4 cm³/mol. The summed E-state index contributed by atoms with van der Waals surface area (Å²) in [5, 5.41) is 18.8. The number of nitrogens with zero attached hydrogens (tertiary/aromatic N) is 2. The quantitative estimate of drug-likeness (QED) is 0.530. The van der Waals surface area contributed by atoms with Crippen LogP contribution in [0.15, 0.2) is 12.3 Å². The van der Waals surface area contributed by atoms with Crippen molar-refractivity contribution in [3.8, 4) is 0 Å². The number of aliphatic hydroxyl groups excluding tert-OH is 2. The number of esters is 1. The molecule has 82 valence electrons. The molecule has 2 atom stereocenters. The third-order valence-corrected chi connectivity index (χ3v) is 1.74. The van der Waals surface area contributed by atoms with Crippen LogP contribution in [0, 0.1) is 0 Å². The van der Waals surface area contributed by atoms with E-state index in [4.69, 9.17) is 5.73 Å². The number of hydrogen-bond donors (Lipinski definition) is 3. The van der Waals surface area contributed by atoms with E-state index in [2.05, 4.69) is 14.7 Å². The van der Waals surface area contributed by atoms with Crippen molar-refractivity contribution in [2.45, 2.75) is 12.2 Å². The lowest BCUT2D eigenvalue weighted by molar-refractivity contribution is -0.157. The summed E-state index contributed by atoms with van der Waals surface area (Å²) >= 11 is 0. The van der Waals surface area contributed by atoms with E-state index in [1.807, 2.05) is 0 Å². The largest absolute Gasteiger partial charge is 0.467 e. The molecule has 0 spiro atoms. The Morgan fingerprint density at radius 2 is 2.27 bits per heavy atom. The predicted octanol–water partition coefficient (Wildman–Crippen LogP) is -1.37. The maximum absolute atomic E-state index is 10.9. The SMILES string of the molecule is COC(=O)C(O)C(O)c1ccnc(N)n1. The molecule has 1 rings (SSSR count). The summed E-state index contributed by atoms with van der Waals surface area (Å²) in [6, 6.07) is 1.34. The average Bonchev–Trinajstić information content (AvgIpc) is 2.26. The topological polar surface area (TPSA) is 119 Å². The third-order valence-electron chi connectivity index (χ3n) is 1.74. The van der Waals surface area contributed by atoms with Crippen molar-refractivity contribution in [3.63, 3.8) is 0 Å². The van der Waals surface area contributed by atoms with Crippen LogP contribution in [0.5, 0.6) is 0 Å². The Balaban J connectivity index is 2.84. The zero-order valence-corrected chi connectivity index (χ0v) is 7.99. The fourth-order valence-electron chi connectivity index (χ4n) is 0.965. The van der Waals surface area contributed by atoms with Crippen molar-refractivity contribution in [2.24, 2.45) is 0 Å². The van der Waals surface area contributed by atoms with Gasteiger partial charge in [0, 0.05) is 6.20 Å². The molecule has 15 heavy (non-hydrogen) atoms. The highest BCUT2D eigenvalue weighted by Gasteiger charge is 2.27. The fourth-order valence-corrected chi connectivity index (χ4v) is 0.965. The van der Waals surface area contributed by atoms with Crippen molar-refractivity contribution in [1.82, 2.24) is 9.97 Å². The first-order valence-electron chi connectivity index (χ1n) is 4.08. The number of nitrogens with two attached hydrogens (primary N) is 1. The summed E-state index contributed by atoms with van der Waals surface area (Å²) in [7, 11) is 1.10. The van der Waals surface area contributed by atoms with Gasteiger partial charge in [0.05, 0.1) is 12.8 Å². The fraction of sp³-hybridized carbons (Fsp3) is 0.375. The first kappa shape index (κ1) is 11.3. The van der Waals surface area contributed by atoms with E-state index in [0.717, 1.165) is 7.11 Å². The summed E-state index contributed by atoms with van der Waals surface area (Å²) in [4.78, 5) is 18.2. The van der Waals surface area contributed by atoms with Crippen LogP contribution in [0.25, 0.3) is 0 Å². The van der Waals surface area contributed by atoms with Crippen molar-refractivity contribution in [3.05, 3.63) is 18.0 Å². The number of aromatic nitrogens is 2. The number of hydrogen-bond acceptors (Lipinski definition) is 7. The van der Waals surface area contributed by atoms with Crippen LogP contribution in [0.3, 0.4) is 0 Å². The second-order valence-electron chi connectivity index (χ2n) is 2.75. The van der Waals surface area contributed by atoms with E-state index in [-0.39, 0.29) is 11.6 Å². The van der Waals surface area contributed by atoms with Crippen LogP contribution < -0.4 is 5.73 Å². The average molecular weight is 213 g/mol. The molecule has 4 N–H and O–H groups in total. The van der Waals surface area contributed by atoms with Crippen LogP contribution in [0.4, 0.5) is 5.95 Å². The minimum absolute atomic E-state index is 0.0522. The molecule has 0 aromatic carbocycles. The molecule has 0 saturated heterocycles. The molecule has 0 aliphatic heterocycles. The Bertz CT molecular complexity index is 357. The van der Waals surface area contributed by atoms with Crippen LogP contribution in [-0.2, 0) is 9.53 Å². The number of anilines is 1. The van der Waals surface area contributed by atoms with E-state index >= 15 is 0 Å². The van der Waals surface area contributed by atoms with E-state index < -0.39 is 18.2 Å². The molecule has 0 radical (unpaired) electrons. The monoisotopic (exact) mass is 213 g/mol. The number of aliphatic hydroxyl groups is 2. The molecular weight excluding hydrogens is 202 g/mol. The summed E-state index contributed by atoms with van der Waals surface area (Å²) in [5.74, 6) is -0.997. The molecule has 0 aliphatic rings. The second-order valence-corrected chi connectivity index (χ2v) is 2.75. The Morgan fingerprint density at radius 1 is 1.60 bits per heavy atom. The molecule has 2 unspecified atom stereocenters. The number of nitrogen functional groups attached to an aromatic ring is 1. The molecule has 0 fully saturated rings. The normalized spacial score (nSPS) is 14.3. The molecule has 0 aliphatic carbocycles. The molecule has 7 nitrogen and oxygen atoms in total. The van der Waals surface area contributed by atoms with E-state index in [0.29, 0.717) is 0 Å². The molecular formula is C8H11N3O4. The molecule has 0 amide bonds. The highest BCUT2D eigenvalue weighted by Crippen LogP contribution is 2.15. The second kappa shape index (κ2) is 4.67. The molecule has 1 heterocycles. The third kappa shape index (κ3) is 2.61. The van der Waals surface area contributed by atoms with E-state index in [1.54, 1.807) is 0 Å². The number of rotatable bonds is 3. The van der Waals surface area contributed by atoms with Crippen LogP contribution in [-0.4, -0.2) is 39.4 Å². The van der Waals surface area contributed by atoms with Gasteiger partial charge in [0.2, 0.25) is 5.95 Å². The first-order valence-corrected chi connectivity index (χ1v) is 4.08. The molecule has 7 heteroatoms. The molecule has 1 aromatic rings. The van der Waals surface area contributed by atoms with Crippen LogP contribution >= 0.6 is 0 Å². The molecule has 0 bridgehead atoms. The Labute approximate surface area is 85.5 Å². The van der Waals surface area contributed by atoms with Gasteiger partial charge in [0.25, 0.3) is 0 Å². The van der Waals surface area contributed by atoms with Gasteiger partial charge in [-0.05, 0) is 6.07 Å². The lowest BCUT2D eigenvalue weighted by Crippen LogP contribution is -2.29. The van der Waals surface area contributed by atoms with Gasteiger partial charge in [0.1, 0.15) is 6.10 Å². The van der Waals surface area contributed by atoms with Gasteiger partial charge in [-0.25, -0.2) is 14.8 Å². The maximum atomic E-state index is 10.9. The molecule has 1 aromatic heterocycles. The van der Waals surface area contributed by atoms with Gasteiger partial charge >= 0.3 is 5.97 Å². The lowest BCUT2D eigenvalue weighted by atomic mass is 10.1. The van der Waals surface area contributed by atoms with Gasteiger partial charge < -0.3 is 20.7 Å². The van der Waals surface area contributed by atoms with Gasteiger partial charge in [0.15, 0.2) is 6.10 Å². The summed E-state index contributed by atoms with van der Waals surface area (Å²) < 4.78 is 4.26. The lowest BCUT2D eigenvalue weighted by Gasteiger charge is -2.14. The van der Waals surface area contributed by atoms with Gasteiger partial charge in [-0.2, -0.15) is 0 Å². The summed E-state index contributed by atoms with van der Waals surface area (Å²) in [6.45, 7) is 0. The zero-order chi connectivity index (χ0) is 11.4. The Morgan fingerprint density at radius 3 is 2.80 bits per heavy atom. The first-order chi connectivity index (χ1) is 7.06. The summed E-state index contributed by atoms with van der Waals surface area (Å²) in [5.41, 5.74) is 5.33. The van der Waals surface area contributed by atoms with Crippen LogP contribution in [0.1, 0.15) is 11.8 Å². The van der Waals surface area contributed by atoms with Gasteiger partial charge in [-0.3, -0.25) is 0 Å². The standard InChI is InChI=1S/C8H11N3O4/c1-15-7(14)6(13)5(12)4-2-3-10-8(9)11-4/h2-3,5-6,12-13H,1H3,(H2,9,10,11). The summed E-state index contributed by atoms with van der Waals surface area (Å²) in [6.07, 6.45) is -1.86.